The van der Waals surface area contributed by atoms with Crippen LogP contribution in [0.3, 0.4) is 0 Å². The Morgan fingerprint density at radius 2 is 2.31 bits per heavy atom. The Hall–Kier alpha value is -1.74. The lowest BCUT2D eigenvalue weighted by Crippen LogP contribution is -2.20. The van der Waals surface area contributed by atoms with Crippen LogP contribution in [0.15, 0.2) is 0 Å². The van der Waals surface area contributed by atoms with Gasteiger partial charge in [0.2, 0.25) is 0 Å². The molecule has 0 spiro atoms. The van der Waals surface area contributed by atoms with Crippen molar-refractivity contribution in [2.24, 2.45) is 0 Å². The molecule has 6 heteroatoms. The van der Waals surface area contributed by atoms with Crippen LogP contribution in [-0.4, -0.2) is 19.0 Å². The van der Waals surface area contributed by atoms with E-state index in [9.17, 15) is 4.79 Å². The fourth-order valence-corrected chi connectivity index (χ4v) is 2.38. The molecule has 0 aliphatic heterocycles. The van der Waals surface area contributed by atoms with Gasteiger partial charge in [0, 0.05) is 13.1 Å². The molecule has 0 atom stereocenters. The van der Waals surface area contributed by atoms with Crippen molar-refractivity contribution in [3.63, 3.8) is 0 Å². The minimum atomic E-state index is -0.251. The summed E-state index contributed by atoms with van der Waals surface area (Å²) in [7, 11) is 1.55. The van der Waals surface area contributed by atoms with E-state index >= 15 is 0 Å². The fourth-order valence-electron chi connectivity index (χ4n) is 1.39. The van der Waals surface area contributed by atoms with Gasteiger partial charge in [0.15, 0.2) is 0 Å². The number of nitrogens with zero attached hydrogens (tertiary/aromatic N) is 1. The second-order valence-electron chi connectivity index (χ2n) is 3.66. The average molecular weight is 236 g/mol. The molecular formula is C10H12N4OS. The lowest BCUT2D eigenvalue weighted by atomic mass is 10.2. The molecule has 1 heterocycles. The number of hydrogen-bond donors (Lipinski definition) is 3. The van der Waals surface area contributed by atoms with Crippen molar-refractivity contribution < 1.29 is 4.79 Å². The number of amides is 1. The largest absolute Gasteiger partial charge is 0.396 e. The van der Waals surface area contributed by atoms with Crippen LogP contribution in [0.2, 0.25) is 0 Å². The van der Waals surface area contributed by atoms with E-state index in [1.54, 1.807) is 7.05 Å². The summed E-state index contributed by atoms with van der Waals surface area (Å²) >= 11 is 1.24. The van der Waals surface area contributed by atoms with Crippen molar-refractivity contribution in [1.82, 2.24) is 5.32 Å². The van der Waals surface area contributed by atoms with E-state index in [0.29, 0.717) is 21.5 Å². The number of thiophene rings is 1. The van der Waals surface area contributed by atoms with E-state index in [0.717, 1.165) is 12.8 Å². The Balaban J connectivity index is 2.40. The van der Waals surface area contributed by atoms with Crippen LogP contribution < -0.4 is 16.4 Å². The molecule has 16 heavy (non-hydrogen) atoms. The zero-order valence-corrected chi connectivity index (χ0v) is 9.65. The number of rotatable bonds is 3. The molecule has 1 aromatic rings. The monoisotopic (exact) mass is 236 g/mol. The predicted molar refractivity (Wildman–Crippen MR) is 63.5 cm³/mol. The molecule has 1 amide bonds. The first-order valence-corrected chi connectivity index (χ1v) is 5.80. The highest BCUT2D eigenvalue weighted by atomic mass is 32.1. The van der Waals surface area contributed by atoms with E-state index in [1.165, 1.54) is 11.3 Å². The van der Waals surface area contributed by atoms with Crippen molar-refractivity contribution >= 4 is 27.9 Å². The lowest BCUT2D eigenvalue weighted by Gasteiger charge is -2.05. The van der Waals surface area contributed by atoms with Gasteiger partial charge in [0.1, 0.15) is 15.9 Å². The molecule has 4 N–H and O–H groups in total. The number of anilines is 2. The van der Waals surface area contributed by atoms with Crippen molar-refractivity contribution in [3.05, 3.63) is 10.4 Å². The number of hydrogen-bond acceptors (Lipinski definition) is 5. The topological polar surface area (TPSA) is 90.9 Å². The summed E-state index contributed by atoms with van der Waals surface area (Å²) in [5, 5.41) is 15.3. The Bertz CT molecular complexity index is 470. The highest BCUT2D eigenvalue weighted by molar-refractivity contribution is 7.17. The molecule has 1 fully saturated rings. The van der Waals surface area contributed by atoms with Gasteiger partial charge in [0.05, 0.1) is 11.3 Å². The van der Waals surface area contributed by atoms with Crippen molar-refractivity contribution in [1.29, 1.82) is 5.26 Å². The number of carbonyl (C=O) groups is 1. The molecule has 1 aliphatic rings. The van der Waals surface area contributed by atoms with Crippen LogP contribution in [0.5, 0.6) is 0 Å². The van der Waals surface area contributed by atoms with E-state index in [4.69, 9.17) is 11.0 Å². The number of nitriles is 1. The maximum Gasteiger partial charge on any atom is 0.256 e. The van der Waals surface area contributed by atoms with Gasteiger partial charge in [-0.25, -0.2) is 0 Å². The molecule has 0 bridgehead atoms. The molecule has 1 aliphatic carbocycles. The Morgan fingerprint density at radius 1 is 1.62 bits per heavy atom. The normalized spacial score (nSPS) is 14.2. The Kier molecular flexibility index (Phi) is 2.71. The summed E-state index contributed by atoms with van der Waals surface area (Å²) in [6.07, 6.45) is 2.21. The molecule has 84 valence electrons. The smallest absolute Gasteiger partial charge is 0.256 e. The highest BCUT2D eigenvalue weighted by Crippen LogP contribution is 2.38. The molecule has 5 nitrogen and oxygen atoms in total. The van der Waals surface area contributed by atoms with E-state index < -0.39 is 0 Å². The van der Waals surface area contributed by atoms with Crippen LogP contribution in [0.4, 0.5) is 10.7 Å². The summed E-state index contributed by atoms with van der Waals surface area (Å²) < 4.78 is 0. The van der Waals surface area contributed by atoms with Gasteiger partial charge >= 0.3 is 0 Å². The van der Waals surface area contributed by atoms with Gasteiger partial charge in [-0.2, -0.15) is 5.26 Å². The number of carbonyl (C=O) groups excluding carboxylic acids is 1. The molecule has 1 aromatic heterocycles. The number of nitrogens with two attached hydrogens (primary N) is 1. The van der Waals surface area contributed by atoms with Crippen LogP contribution in [0, 0.1) is 11.3 Å². The Morgan fingerprint density at radius 3 is 2.81 bits per heavy atom. The lowest BCUT2D eigenvalue weighted by molar-refractivity contribution is 0.0965. The van der Waals surface area contributed by atoms with Gasteiger partial charge in [-0.15, -0.1) is 11.3 Å². The predicted octanol–water partition coefficient (Wildman–Crippen LogP) is 1.14. The van der Waals surface area contributed by atoms with Crippen LogP contribution in [0.25, 0.3) is 0 Å². The first kappa shape index (κ1) is 10.8. The zero-order valence-electron chi connectivity index (χ0n) is 8.83. The zero-order chi connectivity index (χ0) is 11.7. The van der Waals surface area contributed by atoms with Gasteiger partial charge < -0.3 is 16.4 Å². The summed E-state index contributed by atoms with van der Waals surface area (Å²) in [5.74, 6) is -0.251. The van der Waals surface area contributed by atoms with Gasteiger partial charge in [-0.3, -0.25) is 4.79 Å². The van der Waals surface area contributed by atoms with Crippen molar-refractivity contribution in [2.75, 3.05) is 18.1 Å². The molecule has 0 aromatic carbocycles. The van der Waals surface area contributed by atoms with Gasteiger partial charge in [-0.1, -0.05) is 0 Å². The molecular weight excluding hydrogens is 224 g/mol. The third-order valence-corrected chi connectivity index (χ3v) is 3.45. The number of nitrogen functional groups attached to an aromatic ring is 1. The van der Waals surface area contributed by atoms with E-state index in [-0.39, 0.29) is 11.6 Å². The molecule has 0 unspecified atom stereocenters. The summed E-state index contributed by atoms with van der Waals surface area (Å²) in [5.41, 5.74) is 6.45. The molecule has 0 saturated heterocycles. The summed E-state index contributed by atoms with van der Waals surface area (Å²) in [6.45, 7) is 0. The molecule has 2 rings (SSSR count). The van der Waals surface area contributed by atoms with Crippen molar-refractivity contribution in [2.45, 2.75) is 18.9 Å². The standard InChI is InChI=1S/C10H12N4OS/c1-13-9(15)7-8(12)6(4-11)16-10(7)14-5-2-3-5/h5,14H,2-3,12H2,1H3,(H,13,15). The molecule has 1 saturated carbocycles. The maximum absolute atomic E-state index is 11.7. The maximum atomic E-state index is 11.7. The summed E-state index contributed by atoms with van der Waals surface area (Å²) in [4.78, 5) is 12.0. The first-order chi connectivity index (χ1) is 7.67. The SMILES string of the molecule is CNC(=O)c1c(NC2CC2)sc(C#N)c1N. The quantitative estimate of drug-likeness (QED) is 0.733. The average Bonchev–Trinajstić information content (AvgIpc) is 3.03. The van der Waals surface area contributed by atoms with Gasteiger partial charge in [0.25, 0.3) is 5.91 Å². The second kappa shape index (κ2) is 4.02. The third-order valence-electron chi connectivity index (χ3n) is 2.41. The van der Waals surface area contributed by atoms with Crippen molar-refractivity contribution in [3.8, 4) is 6.07 Å². The van der Waals surface area contributed by atoms with E-state index in [2.05, 4.69) is 10.6 Å². The van der Waals surface area contributed by atoms with Crippen LogP contribution in [0.1, 0.15) is 28.1 Å². The number of nitrogens with one attached hydrogen (secondary N) is 2. The van der Waals surface area contributed by atoms with Gasteiger partial charge in [-0.05, 0) is 12.8 Å². The first-order valence-electron chi connectivity index (χ1n) is 4.98. The minimum absolute atomic E-state index is 0.251. The van der Waals surface area contributed by atoms with Crippen LogP contribution in [-0.2, 0) is 0 Å². The summed E-state index contributed by atoms with van der Waals surface area (Å²) in [6, 6.07) is 2.43. The third kappa shape index (κ3) is 1.82. The fraction of sp³-hybridized carbons (Fsp3) is 0.400. The highest BCUT2D eigenvalue weighted by Gasteiger charge is 2.27. The van der Waals surface area contributed by atoms with Crippen LogP contribution >= 0.6 is 11.3 Å². The second-order valence-corrected chi connectivity index (χ2v) is 4.68. The van der Waals surface area contributed by atoms with E-state index in [1.807, 2.05) is 6.07 Å². The molecule has 0 radical (unpaired) electrons. The minimum Gasteiger partial charge on any atom is -0.396 e. The Labute approximate surface area is 97.2 Å².